The van der Waals surface area contributed by atoms with E-state index in [-0.39, 0.29) is 12.5 Å². The molecule has 0 aliphatic carbocycles. The van der Waals surface area contributed by atoms with Crippen molar-refractivity contribution in [2.24, 2.45) is 5.73 Å². The van der Waals surface area contributed by atoms with E-state index in [0.29, 0.717) is 11.4 Å². The van der Waals surface area contributed by atoms with E-state index in [2.05, 4.69) is 22.1 Å². The molecule has 96 valence electrons. The minimum atomic E-state index is -0.189. The van der Waals surface area contributed by atoms with Gasteiger partial charge in [-0.25, -0.2) is 0 Å². The number of carbonyl (C=O) groups is 1. The van der Waals surface area contributed by atoms with Gasteiger partial charge in [-0.2, -0.15) is 0 Å². The SMILES string of the molecule is Cc1ccc(C#CCN)c(NC(=O)c2ccc[nH]2)c1. The molecule has 0 bridgehead atoms. The van der Waals surface area contributed by atoms with Gasteiger partial charge in [0.25, 0.3) is 5.91 Å². The van der Waals surface area contributed by atoms with Gasteiger partial charge >= 0.3 is 0 Å². The second-order valence-electron chi connectivity index (χ2n) is 4.09. The van der Waals surface area contributed by atoms with E-state index in [1.165, 1.54) is 0 Å². The molecule has 0 radical (unpaired) electrons. The number of carbonyl (C=O) groups excluding carboxylic acids is 1. The lowest BCUT2D eigenvalue weighted by Crippen LogP contribution is -2.13. The highest BCUT2D eigenvalue weighted by molar-refractivity contribution is 6.03. The van der Waals surface area contributed by atoms with E-state index < -0.39 is 0 Å². The largest absolute Gasteiger partial charge is 0.357 e. The molecule has 0 saturated carbocycles. The van der Waals surface area contributed by atoms with Crippen LogP contribution in [0.5, 0.6) is 0 Å². The number of rotatable bonds is 2. The lowest BCUT2D eigenvalue weighted by molar-refractivity contribution is 0.102. The van der Waals surface area contributed by atoms with E-state index >= 15 is 0 Å². The highest BCUT2D eigenvalue weighted by Gasteiger charge is 2.08. The Hall–Kier alpha value is -2.51. The first-order valence-electron chi connectivity index (χ1n) is 5.95. The zero-order valence-electron chi connectivity index (χ0n) is 10.7. The van der Waals surface area contributed by atoms with E-state index in [4.69, 9.17) is 5.73 Å². The topological polar surface area (TPSA) is 70.9 Å². The Morgan fingerprint density at radius 3 is 2.95 bits per heavy atom. The lowest BCUT2D eigenvalue weighted by atomic mass is 10.1. The van der Waals surface area contributed by atoms with Crippen molar-refractivity contribution in [2.75, 3.05) is 11.9 Å². The van der Waals surface area contributed by atoms with Crippen molar-refractivity contribution in [2.45, 2.75) is 6.92 Å². The van der Waals surface area contributed by atoms with Crippen LogP contribution in [-0.2, 0) is 0 Å². The minimum absolute atomic E-state index is 0.189. The number of anilines is 1. The van der Waals surface area contributed by atoms with Crippen molar-refractivity contribution in [3.05, 3.63) is 53.3 Å². The van der Waals surface area contributed by atoms with Crippen LogP contribution < -0.4 is 11.1 Å². The molecule has 0 aliphatic heterocycles. The number of nitrogens with one attached hydrogen (secondary N) is 2. The second kappa shape index (κ2) is 5.89. The molecule has 0 spiro atoms. The van der Waals surface area contributed by atoms with Gasteiger partial charge in [-0.05, 0) is 36.8 Å². The molecule has 0 unspecified atom stereocenters. The molecule has 1 heterocycles. The Bertz CT molecular complexity index is 633. The fourth-order valence-electron chi connectivity index (χ4n) is 1.68. The molecular formula is C15H15N3O. The summed E-state index contributed by atoms with van der Waals surface area (Å²) in [6, 6.07) is 9.21. The molecule has 4 heteroatoms. The van der Waals surface area contributed by atoms with Gasteiger partial charge in [-0.15, -0.1) is 0 Å². The third-order valence-corrected chi connectivity index (χ3v) is 2.59. The summed E-state index contributed by atoms with van der Waals surface area (Å²) in [5.41, 5.74) is 8.39. The van der Waals surface area contributed by atoms with Crippen LogP contribution in [0.15, 0.2) is 36.5 Å². The van der Waals surface area contributed by atoms with Gasteiger partial charge < -0.3 is 16.0 Å². The highest BCUT2D eigenvalue weighted by atomic mass is 16.1. The number of aromatic nitrogens is 1. The van der Waals surface area contributed by atoms with Gasteiger partial charge in [0, 0.05) is 11.8 Å². The smallest absolute Gasteiger partial charge is 0.272 e. The predicted octanol–water partition coefficient (Wildman–Crippen LogP) is 1.89. The van der Waals surface area contributed by atoms with Crippen molar-refractivity contribution in [3.8, 4) is 11.8 Å². The molecule has 19 heavy (non-hydrogen) atoms. The molecule has 1 aromatic carbocycles. The van der Waals surface area contributed by atoms with Crippen molar-refractivity contribution in [3.63, 3.8) is 0 Å². The number of amides is 1. The highest BCUT2D eigenvalue weighted by Crippen LogP contribution is 2.17. The van der Waals surface area contributed by atoms with Crippen molar-refractivity contribution in [1.29, 1.82) is 0 Å². The van der Waals surface area contributed by atoms with E-state index in [0.717, 1.165) is 11.1 Å². The summed E-state index contributed by atoms with van der Waals surface area (Å²) in [5, 5.41) is 2.85. The minimum Gasteiger partial charge on any atom is -0.357 e. The Morgan fingerprint density at radius 2 is 2.26 bits per heavy atom. The first-order chi connectivity index (χ1) is 9.20. The van der Waals surface area contributed by atoms with Gasteiger partial charge in [0.2, 0.25) is 0 Å². The Kier molecular flexibility index (Phi) is 4.01. The quantitative estimate of drug-likeness (QED) is 0.715. The summed E-state index contributed by atoms with van der Waals surface area (Å²) in [5.74, 6) is 5.55. The molecular weight excluding hydrogens is 238 g/mol. The van der Waals surface area contributed by atoms with Crippen LogP contribution in [-0.4, -0.2) is 17.4 Å². The second-order valence-corrected chi connectivity index (χ2v) is 4.09. The standard InChI is InChI=1S/C15H15N3O/c1-11-6-7-12(4-2-8-16)14(10-11)18-15(19)13-5-3-9-17-13/h3,5-7,9-10,17H,8,16H2,1H3,(H,18,19). The van der Waals surface area contributed by atoms with Crippen molar-refractivity contribution in [1.82, 2.24) is 4.98 Å². The van der Waals surface area contributed by atoms with E-state index in [1.807, 2.05) is 25.1 Å². The predicted molar refractivity (Wildman–Crippen MR) is 75.9 cm³/mol. The first kappa shape index (κ1) is 12.9. The fourth-order valence-corrected chi connectivity index (χ4v) is 1.68. The number of benzene rings is 1. The van der Waals surface area contributed by atoms with Crippen LogP contribution in [0.25, 0.3) is 0 Å². The molecule has 1 aromatic heterocycles. The molecule has 0 fully saturated rings. The summed E-state index contributed by atoms with van der Waals surface area (Å²) in [4.78, 5) is 14.9. The average Bonchev–Trinajstić information content (AvgIpc) is 2.92. The lowest BCUT2D eigenvalue weighted by Gasteiger charge is -2.07. The molecule has 2 aromatic rings. The Labute approximate surface area is 112 Å². The van der Waals surface area contributed by atoms with Gasteiger partial charge in [-0.1, -0.05) is 17.9 Å². The third-order valence-electron chi connectivity index (χ3n) is 2.59. The van der Waals surface area contributed by atoms with Crippen LogP contribution in [0.3, 0.4) is 0 Å². The number of hydrogen-bond donors (Lipinski definition) is 3. The molecule has 0 atom stereocenters. The van der Waals surface area contributed by atoms with Crippen LogP contribution >= 0.6 is 0 Å². The Balaban J connectivity index is 2.28. The van der Waals surface area contributed by atoms with Gasteiger partial charge in [0.1, 0.15) is 5.69 Å². The van der Waals surface area contributed by atoms with Crippen LogP contribution in [0.2, 0.25) is 0 Å². The number of aromatic amines is 1. The zero-order valence-corrected chi connectivity index (χ0v) is 10.7. The van der Waals surface area contributed by atoms with Gasteiger partial charge in [0.05, 0.1) is 12.2 Å². The van der Waals surface area contributed by atoms with E-state index in [1.54, 1.807) is 18.3 Å². The molecule has 0 aliphatic rings. The van der Waals surface area contributed by atoms with Crippen molar-refractivity contribution < 1.29 is 4.79 Å². The maximum Gasteiger partial charge on any atom is 0.272 e. The molecule has 2 rings (SSSR count). The normalized spacial score (nSPS) is 9.58. The number of hydrogen-bond acceptors (Lipinski definition) is 2. The number of H-pyrrole nitrogens is 1. The van der Waals surface area contributed by atoms with Crippen LogP contribution in [0.4, 0.5) is 5.69 Å². The summed E-state index contributed by atoms with van der Waals surface area (Å²) >= 11 is 0. The zero-order chi connectivity index (χ0) is 13.7. The van der Waals surface area contributed by atoms with Crippen LogP contribution in [0, 0.1) is 18.8 Å². The molecule has 4 nitrogen and oxygen atoms in total. The average molecular weight is 253 g/mol. The first-order valence-corrected chi connectivity index (χ1v) is 5.95. The monoisotopic (exact) mass is 253 g/mol. The summed E-state index contributed by atoms with van der Waals surface area (Å²) in [6.07, 6.45) is 1.71. The number of aryl methyl sites for hydroxylation is 1. The van der Waals surface area contributed by atoms with Gasteiger partial charge in [-0.3, -0.25) is 4.79 Å². The maximum atomic E-state index is 12.0. The summed E-state index contributed by atoms with van der Waals surface area (Å²) in [6.45, 7) is 2.25. The van der Waals surface area contributed by atoms with Gasteiger partial charge in [0.15, 0.2) is 0 Å². The summed E-state index contributed by atoms with van der Waals surface area (Å²) in [7, 11) is 0. The van der Waals surface area contributed by atoms with Crippen molar-refractivity contribution >= 4 is 11.6 Å². The molecule has 0 saturated heterocycles. The summed E-state index contributed by atoms with van der Waals surface area (Å²) < 4.78 is 0. The van der Waals surface area contributed by atoms with Crippen LogP contribution in [0.1, 0.15) is 21.6 Å². The molecule has 4 N–H and O–H groups in total. The van der Waals surface area contributed by atoms with E-state index in [9.17, 15) is 4.79 Å². The number of nitrogens with two attached hydrogens (primary N) is 1. The Morgan fingerprint density at radius 1 is 1.42 bits per heavy atom. The fraction of sp³-hybridized carbons (Fsp3) is 0.133. The third kappa shape index (κ3) is 3.24. The maximum absolute atomic E-state index is 12.0. The molecule has 1 amide bonds.